The predicted molar refractivity (Wildman–Crippen MR) is 69.2 cm³/mol. The van der Waals surface area contributed by atoms with Crippen LogP contribution < -0.4 is 15.8 Å². The van der Waals surface area contributed by atoms with Crippen LogP contribution in [0.15, 0.2) is 30.6 Å². The second kappa shape index (κ2) is 6.39. The zero-order valence-corrected chi connectivity index (χ0v) is 10.3. The van der Waals surface area contributed by atoms with Crippen LogP contribution in [0.5, 0.6) is 5.75 Å². The van der Waals surface area contributed by atoms with Gasteiger partial charge in [-0.05, 0) is 12.1 Å². The van der Waals surface area contributed by atoms with E-state index in [1.807, 2.05) is 12.1 Å². The average Bonchev–Trinajstić information content (AvgIpc) is 2.92. The van der Waals surface area contributed by atoms with Crippen LogP contribution >= 0.6 is 0 Å². The third-order valence-electron chi connectivity index (χ3n) is 2.42. The quantitative estimate of drug-likeness (QED) is 0.655. The highest BCUT2D eigenvalue weighted by atomic mass is 16.5. The fraction of sp³-hybridized carbons (Fsp3) is 0.250. The number of carbonyl (C=O) groups is 1. The number of nitrogens with zero attached hydrogens (tertiary/aromatic N) is 2. The van der Waals surface area contributed by atoms with E-state index >= 15 is 0 Å². The van der Waals surface area contributed by atoms with Crippen LogP contribution in [-0.4, -0.2) is 27.7 Å². The Labute approximate surface area is 110 Å². The molecular weight excluding hydrogens is 246 g/mol. The molecule has 0 fully saturated rings. The van der Waals surface area contributed by atoms with Gasteiger partial charge in [0.05, 0.1) is 25.3 Å². The number of rotatable bonds is 6. The maximum absolute atomic E-state index is 11.5. The highest BCUT2D eigenvalue weighted by molar-refractivity contribution is 5.75. The number of nitrogens with two attached hydrogens (primary N) is 1. The van der Waals surface area contributed by atoms with Crippen molar-refractivity contribution in [2.24, 2.45) is 0 Å². The number of benzene rings is 1. The molecular formula is C12H15N5O2. The summed E-state index contributed by atoms with van der Waals surface area (Å²) in [6.45, 7) is 0.600. The first-order valence-electron chi connectivity index (χ1n) is 5.84. The number of hydrogen-bond acceptors (Lipinski definition) is 5. The molecule has 0 aliphatic carbocycles. The minimum atomic E-state index is -0.120. The van der Waals surface area contributed by atoms with E-state index in [1.54, 1.807) is 12.1 Å². The molecule has 7 nitrogen and oxygen atoms in total. The van der Waals surface area contributed by atoms with E-state index in [1.165, 1.54) is 6.33 Å². The Morgan fingerprint density at radius 1 is 1.42 bits per heavy atom. The molecule has 2 rings (SSSR count). The van der Waals surface area contributed by atoms with Crippen molar-refractivity contribution in [1.82, 2.24) is 20.5 Å². The lowest BCUT2D eigenvalue weighted by Gasteiger charge is -2.08. The van der Waals surface area contributed by atoms with Crippen molar-refractivity contribution in [2.75, 3.05) is 12.3 Å². The molecule has 0 atom stereocenters. The number of hydrogen-bond donors (Lipinski definition) is 3. The summed E-state index contributed by atoms with van der Waals surface area (Å²) >= 11 is 0. The third-order valence-corrected chi connectivity index (χ3v) is 2.42. The summed E-state index contributed by atoms with van der Waals surface area (Å²) in [4.78, 5) is 15.4. The first-order valence-corrected chi connectivity index (χ1v) is 5.84. The molecule has 0 bridgehead atoms. The number of nitrogens with one attached hydrogen (secondary N) is 2. The van der Waals surface area contributed by atoms with Gasteiger partial charge in [-0.3, -0.25) is 9.89 Å². The first-order chi connectivity index (χ1) is 9.25. The molecule has 1 aromatic carbocycles. The van der Waals surface area contributed by atoms with E-state index in [0.717, 1.165) is 0 Å². The SMILES string of the molecule is Nc1ccccc1OCCC(=O)NCc1ncn[nH]1. The van der Waals surface area contributed by atoms with Gasteiger partial charge in [-0.2, -0.15) is 5.10 Å². The number of carbonyl (C=O) groups excluding carboxylic acids is 1. The summed E-state index contributed by atoms with van der Waals surface area (Å²) in [6, 6.07) is 7.17. The van der Waals surface area contributed by atoms with Gasteiger partial charge in [0.25, 0.3) is 0 Å². The van der Waals surface area contributed by atoms with Crippen molar-refractivity contribution < 1.29 is 9.53 Å². The molecule has 1 amide bonds. The van der Waals surface area contributed by atoms with E-state index in [2.05, 4.69) is 20.5 Å². The largest absolute Gasteiger partial charge is 0.491 e. The molecule has 1 aromatic heterocycles. The third kappa shape index (κ3) is 3.98. The second-order valence-electron chi connectivity index (χ2n) is 3.85. The van der Waals surface area contributed by atoms with E-state index < -0.39 is 0 Å². The Balaban J connectivity index is 1.68. The fourth-order valence-electron chi connectivity index (χ4n) is 1.45. The summed E-state index contributed by atoms with van der Waals surface area (Å²) in [6.07, 6.45) is 1.64. The number of aromatic amines is 1. The van der Waals surface area contributed by atoms with Gasteiger partial charge in [0.2, 0.25) is 5.91 Å². The lowest BCUT2D eigenvalue weighted by molar-refractivity contribution is -0.121. The van der Waals surface area contributed by atoms with Gasteiger partial charge in [0.1, 0.15) is 17.9 Å². The van der Waals surface area contributed by atoms with Gasteiger partial charge in [-0.25, -0.2) is 4.98 Å². The number of H-pyrrole nitrogens is 1. The van der Waals surface area contributed by atoms with Crippen molar-refractivity contribution in [3.8, 4) is 5.75 Å². The molecule has 7 heteroatoms. The Morgan fingerprint density at radius 3 is 3.00 bits per heavy atom. The first kappa shape index (κ1) is 12.9. The van der Waals surface area contributed by atoms with Crippen molar-refractivity contribution in [2.45, 2.75) is 13.0 Å². The van der Waals surface area contributed by atoms with Crippen molar-refractivity contribution in [3.05, 3.63) is 36.4 Å². The predicted octanol–water partition coefficient (Wildman–Crippen LogP) is 0.472. The zero-order chi connectivity index (χ0) is 13.5. The Bertz CT molecular complexity index is 527. The van der Waals surface area contributed by atoms with E-state index in [-0.39, 0.29) is 18.9 Å². The van der Waals surface area contributed by atoms with Crippen LogP contribution in [0, 0.1) is 0 Å². The number of nitrogen functional groups attached to an aromatic ring is 1. The molecule has 0 saturated heterocycles. The highest BCUT2D eigenvalue weighted by Gasteiger charge is 2.04. The molecule has 4 N–H and O–H groups in total. The molecule has 0 radical (unpaired) electrons. The molecule has 0 spiro atoms. The maximum Gasteiger partial charge on any atom is 0.223 e. The number of para-hydroxylation sites is 2. The van der Waals surface area contributed by atoms with Crippen molar-refractivity contribution in [3.63, 3.8) is 0 Å². The topological polar surface area (TPSA) is 106 Å². The van der Waals surface area contributed by atoms with Crippen LogP contribution in [-0.2, 0) is 11.3 Å². The molecule has 100 valence electrons. The van der Waals surface area contributed by atoms with Gasteiger partial charge >= 0.3 is 0 Å². The summed E-state index contributed by atoms with van der Waals surface area (Å²) in [5, 5.41) is 9.05. The van der Waals surface area contributed by atoms with Gasteiger partial charge in [0, 0.05) is 0 Å². The smallest absolute Gasteiger partial charge is 0.223 e. The fourth-order valence-corrected chi connectivity index (χ4v) is 1.45. The lowest BCUT2D eigenvalue weighted by atomic mass is 10.3. The highest BCUT2D eigenvalue weighted by Crippen LogP contribution is 2.19. The van der Waals surface area contributed by atoms with Crippen molar-refractivity contribution in [1.29, 1.82) is 0 Å². The van der Waals surface area contributed by atoms with E-state index in [0.29, 0.717) is 23.8 Å². The van der Waals surface area contributed by atoms with Gasteiger partial charge < -0.3 is 15.8 Å². The van der Waals surface area contributed by atoms with Crippen LogP contribution in [0.2, 0.25) is 0 Å². The molecule has 0 aliphatic heterocycles. The number of amides is 1. The number of anilines is 1. The van der Waals surface area contributed by atoms with Gasteiger partial charge in [-0.15, -0.1) is 0 Å². The molecule has 0 aliphatic rings. The summed E-state index contributed by atoms with van der Waals surface area (Å²) in [5.74, 6) is 1.08. The summed E-state index contributed by atoms with van der Waals surface area (Å²) in [7, 11) is 0. The standard InChI is InChI=1S/C12H15N5O2/c13-9-3-1-2-4-10(9)19-6-5-12(18)14-7-11-15-8-16-17-11/h1-4,8H,5-7,13H2,(H,14,18)(H,15,16,17). The van der Waals surface area contributed by atoms with Crippen LogP contribution in [0.3, 0.4) is 0 Å². The number of aromatic nitrogens is 3. The van der Waals surface area contributed by atoms with Crippen LogP contribution in [0.1, 0.15) is 12.2 Å². The van der Waals surface area contributed by atoms with Crippen molar-refractivity contribution >= 4 is 11.6 Å². The molecule has 19 heavy (non-hydrogen) atoms. The average molecular weight is 261 g/mol. The van der Waals surface area contributed by atoms with E-state index in [4.69, 9.17) is 10.5 Å². The minimum Gasteiger partial charge on any atom is -0.491 e. The zero-order valence-electron chi connectivity index (χ0n) is 10.3. The molecule has 0 saturated carbocycles. The molecule has 1 heterocycles. The summed E-state index contributed by atoms with van der Waals surface area (Å²) < 4.78 is 5.42. The Hall–Kier alpha value is -2.57. The Kier molecular flexibility index (Phi) is 4.33. The van der Waals surface area contributed by atoms with Gasteiger partial charge in [-0.1, -0.05) is 12.1 Å². The van der Waals surface area contributed by atoms with Crippen LogP contribution in [0.4, 0.5) is 5.69 Å². The van der Waals surface area contributed by atoms with Gasteiger partial charge in [0.15, 0.2) is 0 Å². The van der Waals surface area contributed by atoms with Crippen LogP contribution in [0.25, 0.3) is 0 Å². The summed E-state index contributed by atoms with van der Waals surface area (Å²) in [5.41, 5.74) is 6.28. The maximum atomic E-state index is 11.5. The monoisotopic (exact) mass is 261 g/mol. The number of ether oxygens (including phenoxy) is 1. The van der Waals surface area contributed by atoms with E-state index in [9.17, 15) is 4.79 Å². The normalized spacial score (nSPS) is 10.1. The Morgan fingerprint density at radius 2 is 2.26 bits per heavy atom. The minimum absolute atomic E-state index is 0.120. The lowest BCUT2D eigenvalue weighted by Crippen LogP contribution is -2.25. The second-order valence-corrected chi connectivity index (χ2v) is 3.85. The molecule has 0 unspecified atom stereocenters. The molecule has 2 aromatic rings.